The first-order valence-corrected chi connectivity index (χ1v) is 10.4. The van der Waals surface area contributed by atoms with E-state index in [0.29, 0.717) is 34.3 Å². The second-order valence-electron chi connectivity index (χ2n) is 6.55. The molecule has 0 atom stereocenters. The van der Waals surface area contributed by atoms with E-state index in [1.54, 1.807) is 30.3 Å². The highest BCUT2D eigenvalue weighted by atomic mass is 79.9. The van der Waals surface area contributed by atoms with Crippen molar-refractivity contribution in [2.24, 2.45) is 0 Å². The number of amides is 1. The maximum absolute atomic E-state index is 12.8. The number of carbonyl (C=O) groups excluding carboxylic acids is 1. The molecule has 3 aromatic rings. The molecular formula is C22H21BrN2O5S. The molecule has 0 saturated carbocycles. The van der Waals surface area contributed by atoms with Gasteiger partial charge < -0.3 is 24.3 Å². The average Bonchev–Trinajstić information content (AvgIpc) is 3.22. The van der Waals surface area contributed by atoms with Crippen LogP contribution in [0.5, 0.6) is 11.5 Å². The number of carbonyl (C=O) groups is 1. The zero-order valence-electron chi connectivity index (χ0n) is 17.1. The zero-order valence-corrected chi connectivity index (χ0v) is 19.5. The number of furan rings is 1. The number of hydrogen-bond donors (Lipinski definition) is 3. The first kappa shape index (κ1) is 22.8. The van der Waals surface area contributed by atoms with Gasteiger partial charge in [-0.2, -0.15) is 0 Å². The van der Waals surface area contributed by atoms with Gasteiger partial charge in [0.05, 0.1) is 25.5 Å². The fourth-order valence-electron chi connectivity index (χ4n) is 3.07. The Morgan fingerprint density at radius 2 is 1.94 bits per heavy atom. The molecule has 1 amide bonds. The minimum absolute atomic E-state index is 0.0932. The van der Waals surface area contributed by atoms with Crippen molar-refractivity contribution in [1.82, 2.24) is 5.32 Å². The molecule has 0 aliphatic rings. The molecule has 0 unspecified atom stereocenters. The summed E-state index contributed by atoms with van der Waals surface area (Å²) in [6, 6.07) is 12.3. The van der Waals surface area contributed by atoms with Gasteiger partial charge in [-0.25, -0.2) is 0 Å². The predicted molar refractivity (Wildman–Crippen MR) is 126 cm³/mol. The predicted octanol–water partition coefficient (Wildman–Crippen LogP) is 4.65. The third-order valence-corrected chi connectivity index (χ3v) is 5.13. The van der Waals surface area contributed by atoms with Gasteiger partial charge >= 0.3 is 0 Å². The number of benzene rings is 2. The van der Waals surface area contributed by atoms with Crippen molar-refractivity contribution in [3.63, 3.8) is 0 Å². The van der Waals surface area contributed by atoms with Gasteiger partial charge in [0.25, 0.3) is 5.91 Å². The second-order valence-corrected chi connectivity index (χ2v) is 7.87. The Morgan fingerprint density at radius 3 is 2.58 bits per heavy atom. The maximum atomic E-state index is 12.8. The second kappa shape index (κ2) is 9.95. The number of thiocarbonyl (C=S) groups is 1. The number of halogens is 1. The molecule has 0 radical (unpaired) electrons. The van der Waals surface area contributed by atoms with Crippen molar-refractivity contribution in [3.8, 4) is 22.8 Å². The van der Waals surface area contributed by atoms with E-state index in [-0.39, 0.29) is 11.7 Å². The highest BCUT2D eigenvalue weighted by Crippen LogP contribution is 2.32. The van der Waals surface area contributed by atoms with Gasteiger partial charge in [-0.1, -0.05) is 15.9 Å². The molecule has 3 rings (SSSR count). The van der Waals surface area contributed by atoms with E-state index in [4.69, 9.17) is 26.1 Å². The summed E-state index contributed by atoms with van der Waals surface area (Å²) in [7, 11) is 3.05. The monoisotopic (exact) mass is 504 g/mol. The third kappa shape index (κ3) is 5.25. The molecule has 0 bridgehead atoms. The lowest BCUT2D eigenvalue weighted by Crippen LogP contribution is -2.34. The lowest BCUT2D eigenvalue weighted by molar-refractivity contribution is 0.0974. The topological polar surface area (TPSA) is 93.0 Å². The van der Waals surface area contributed by atoms with Crippen LogP contribution in [0.15, 0.2) is 51.4 Å². The van der Waals surface area contributed by atoms with Crippen LogP contribution < -0.4 is 20.1 Å². The molecule has 0 aliphatic heterocycles. The molecule has 1 aromatic heterocycles. The Balaban J connectivity index is 1.81. The molecule has 31 heavy (non-hydrogen) atoms. The largest absolute Gasteiger partial charge is 0.496 e. The molecular weight excluding hydrogens is 484 g/mol. The van der Waals surface area contributed by atoms with Crippen LogP contribution in [0.2, 0.25) is 0 Å². The zero-order chi connectivity index (χ0) is 22.5. The van der Waals surface area contributed by atoms with Gasteiger partial charge in [0.15, 0.2) is 5.11 Å². The summed E-state index contributed by atoms with van der Waals surface area (Å²) in [4.78, 5) is 12.8. The van der Waals surface area contributed by atoms with Crippen LogP contribution in [0.3, 0.4) is 0 Å². The number of anilines is 1. The Kier molecular flexibility index (Phi) is 7.32. The molecule has 162 valence electrons. The van der Waals surface area contributed by atoms with Crippen molar-refractivity contribution in [2.75, 3.05) is 19.5 Å². The number of hydrogen-bond acceptors (Lipinski definition) is 6. The lowest BCUT2D eigenvalue weighted by Gasteiger charge is -2.15. The average molecular weight is 505 g/mol. The van der Waals surface area contributed by atoms with Crippen LogP contribution in [-0.2, 0) is 6.61 Å². The molecule has 2 aromatic carbocycles. The van der Waals surface area contributed by atoms with Crippen LogP contribution in [0.25, 0.3) is 11.3 Å². The smallest absolute Gasteiger partial charge is 0.261 e. The van der Waals surface area contributed by atoms with Gasteiger partial charge in [-0.15, -0.1) is 0 Å². The SMILES string of the molecule is COc1ccc(-c2ccc(CO)o2)cc1NC(=S)NC(=O)c1cc(Br)cc(C)c1OC. The number of ether oxygens (including phenoxy) is 2. The molecule has 0 fully saturated rings. The molecule has 9 heteroatoms. The minimum atomic E-state index is -0.410. The molecule has 1 heterocycles. The van der Waals surface area contributed by atoms with Gasteiger partial charge in [0.2, 0.25) is 0 Å². The third-order valence-electron chi connectivity index (χ3n) is 4.46. The quantitative estimate of drug-likeness (QED) is 0.420. The van der Waals surface area contributed by atoms with Gasteiger partial charge in [-0.05, 0) is 67.2 Å². The van der Waals surface area contributed by atoms with Crippen molar-refractivity contribution in [1.29, 1.82) is 0 Å². The summed E-state index contributed by atoms with van der Waals surface area (Å²) in [5, 5.41) is 15.0. The van der Waals surface area contributed by atoms with E-state index in [1.807, 2.05) is 19.1 Å². The first-order valence-electron chi connectivity index (χ1n) is 9.20. The number of rotatable bonds is 6. The molecule has 3 N–H and O–H groups in total. The summed E-state index contributed by atoms with van der Waals surface area (Å²) in [6.07, 6.45) is 0. The van der Waals surface area contributed by atoms with E-state index in [9.17, 15) is 9.90 Å². The fourth-order valence-corrected chi connectivity index (χ4v) is 3.85. The van der Waals surface area contributed by atoms with E-state index in [1.165, 1.54) is 14.2 Å². The normalized spacial score (nSPS) is 10.5. The van der Waals surface area contributed by atoms with Crippen LogP contribution >= 0.6 is 28.1 Å². The Morgan fingerprint density at radius 1 is 1.16 bits per heavy atom. The van der Waals surface area contributed by atoms with Crippen molar-refractivity contribution < 1.29 is 23.8 Å². The minimum Gasteiger partial charge on any atom is -0.496 e. The Bertz CT molecular complexity index is 1130. The highest BCUT2D eigenvalue weighted by Gasteiger charge is 2.18. The lowest BCUT2D eigenvalue weighted by atomic mass is 10.1. The van der Waals surface area contributed by atoms with Crippen LogP contribution in [0.1, 0.15) is 21.7 Å². The van der Waals surface area contributed by atoms with Crippen molar-refractivity contribution in [3.05, 3.63) is 63.8 Å². The van der Waals surface area contributed by atoms with Crippen LogP contribution in [0, 0.1) is 6.92 Å². The molecule has 7 nitrogen and oxygen atoms in total. The number of aryl methyl sites for hydroxylation is 1. The van der Waals surface area contributed by atoms with Gasteiger partial charge in [0.1, 0.15) is 29.6 Å². The first-order chi connectivity index (χ1) is 14.9. The summed E-state index contributed by atoms with van der Waals surface area (Å²) >= 11 is 8.74. The Labute approximate surface area is 193 Å². The standard InChI is InChI=1S/C22H21BrN2O5S/c1-12-8-14(23)10-16(20(12)29-3)21(27)25-22(31)24-17-9-13(4-6-19(17)28-2)18-7-5-15(11-26)30-18/h4-10,26H,11H2,1-3H3,(H2,24,25,27,31). The van der Waals surface area contributed by atoms with Crippen LogP contribution in [-0.4, -0.2) is 30.3 Å². The summed E-state index contributed by atoms with van der Waals surface area (Å²) in [6.45, 7) is 1.67. The summed E-state index contributed by atoms with van der Waals surface area (Å²) in [5.74, 6) is 1.64. The number of methoxy groups -OCH3 is 2. The van der Waals surface area contributed by atoms with E-state index < -0.39 is 5.91 Å². The van der Waals surface area contributed by atoms with Gasteiger partial charge in [0, 0.05) is 10.0 Å². The fraction of sp³-hybridized carbons (Fsp3) is 0.182. The van der Waals surface area contributed by atoms with E-state index in [2.05, 4.69) is 26.6 Å². The number of nitrogens with one attached hydrogen (secondary N) is 2. The van der Waals surface area contributed by atoms with Crippen LogP contribution in [0.4, 0.5) is 5.69 Å². The number of aliphatic hydroxyl groups is 1. The Hall–Kier alpha value is -2.88. The summed E-state index contributed by atoms with van der Waals surface area (Å²) in [5.41, 5.74) is 2.47. The number of aliphatic hydroxyl groups excluding tert-OH is 1. The molecule has 0 spiro atoms. The molecule has 0 aliphatic carbocycles. The van der Waals surface area contributed by atoms with Crippen molar-refractivity contribution in [2.45, 2.75) is 13.5 Å². The van der Waals surface area contributed by atoms with Crippen molar-refractivity contribution >= 4 is 44.9 Å². The molecule has 0 saturated heterocycles. The summed E-state index contributed by atoms with van der Waals surface area (Å²) < 4.78 is 17.1. The highest BCUT2D eigenvalue weighted by molar-refractivity contribution is 9.10. The van der Waals surface area contributed by atoms with E-state index in [0.717, 1.165) is 15.6 Å². The maximum Gasteiger partial charge on any atom is 0.261 e. The van der Waals surface area contributed by atoms with E-state index >= 15 is 0 Å². The van der Waals surface area contributed by atoms with Gasteiger partial charge in [-0.3, -0.25) is 10.1 Å².